The number of hydrogen-bond donors (Lipinski definition) is 0. The molecule has 0 spiro atoms. The Hall–Kier alpha value is 0.660. The molecule has 0 N–H and O–H groups in total. The zero-order chi connectivity index (χ0) is 6.15. The van der Waals surface area contributed by atoms with Crippen LogP contribution in [0, 0.1) is 6.92 Å². The van der Waals surface area contributed by atoms with Crippen LogP contribution in [0.5, 0.6) is 0 Å². The summed E-state index contributed by atoms with van der Waals surface area (Å²) in [6.07, 6.45) is 0. The average molecular weight is 256 g/mol. The zero-order valence-electron chi connectivity index (χ0n) is 4.24. The molecule has 0 aromatic carbocycles. The van der Waals surface area contributed by atoms with Crippen molar-refractivity contribution in [1.29, 1.82) is 0 Å². The van der Waals surface area contributed by atoms with E-state index in [2.05, 4.69) is 44.2 Å². The molecule has 0 atom stereocenters. The van der Waals surface area contributed by atoms with Crippen molar-refractivity contribution < 1.29 is 0 Å². The highest BCUT2D eigenvalue weighted by Crippen LogP contribution is 2.30. The van der Waals surface area contributed by atoms with Gasteiger partial charge in [0.2, 0.25) is 0 Å². The fraction of sp³-hybridized carbons (Fsp3) is 0.200. The summed E-state index contributed by atoms with van der Waals surface area (Å²) in [4.78, 5) is 0. The molecule has 1 aromatic rings. The Morgan fingerprint density at radius 1 is 1.50 bits per heavy atom. The minimum absolute atomic E-state index is 1.19. The molecule has 3 heteroatoms. The quantitative estimate of drug-likeness (QED) is 0.665. The summed E-state index contributed by atoms with van der Waals surface area (Å²) in [7, 11) is 0. The molecule has 0 radical (unpaired) electrons. The Kier molecular flexibility index (Phi) is 2.12. The van der Waals surface area contributed by atoms with E-state index in [-0.39, 0.29) is 0 Å². The number of rotatable bonds is 0. The molecule has 0 bridgehead atoms. The van der Waals surface area contributed by atoms with Crippen LogP contribution in [-0.2, 0) is 0 Å². The van der Waals surface area contributed by atoms with E-state index in [1.165, 1.54) is 13.8 Å². The largest absolute Gasteiger partial charge is 0.135 e. The van der Waals surface area contributed by atoms with E-state index in [1.54, 1.807) is 11.3 Å². The highest BCUT2D eigenvalue weighted by atomic mass is 79.9. The average Bonchev–Trinajstić information content (AvgIpc) is 1.98. The number of thiophene rings is 1. The lowest BCUT2D eigenvalue weighted by molar-refractivity contribution is 1.49. The van der Waals surface area contributed by atoms with Gasteiger partial charge in [-0.05, 0) is 44.3 Å². The second-order valence-corrected chi connectivity index (χ2v) is 4.53. The maximum atomic E-state index is 3.40. The van der Waals surface area contributed by atoms with Crippen LogP contribution < -0.4 is 0 Å². The van der Waals surface area contributed by atoms with Crippen LogP contribution in [0.25, 0.3) is 0 Å². The van der Waals surface area contributed by atoms with Gasteiger partial charge in [0.25, 0.3) is 0 Å². The molecule has 0 aliphatic heterocycles. The molecule has 0 aliphatic rings. The fourth-order valence-electron chi connectivity index (χ4n) is 0.374. The van der Waals surface area contributed by atoms with E-state index in [0.29, 0.717) is 0 Å². The SMILES string of the molecule is Cc1c(Br)csc1Br. The molecule has 0 unspecified atom stereocenters. The molecule has 0 saturated carbocycles. The first kappa shape index (κ1) is 6.78. The van der Waals surface area contributed by atoms with E-state index in [1.807, 2.05) is 0 Å². The van der Waals surface area contributed by atoms with Crippen LogP contribution in [0.3, 0.4) is 0 Å². The summed E-state index contributed by atoms with van der Waals surface area (Å²) in [6.45, 7) is 2.07. The Balaban J connectivity index is 3.19. The van der Waals surface area contributed by atoms with Crippen molar-refractivity contribution in [2.75, 3.05) is 0 Å². The van der Waals surface area contributed by atoms with E-state index >= 15 is 0 Å². The first-order chi connectivity index (χ1) is 3.72. The van der Waals surface area contributed by atoms with E-state index < -0.39 is 0 Å². The van der Waals surface area contributed by atoms with Crippen LogP contribution in [0.2, 0.25) is 0 Å². The molecule has 0 saturated heterocycles. The lowest BCUT2D eigenvalue weighted by atomic mass is 10.4. The van der Waals surface area contributed by atoms with Crippen LogP contribution in [0.4, 0.5) is 0 Å². The van der Waals surface area contributed by atoms with E-state index in [9.17, 15) is 0 Å². The predicted molar refractivity (Wildman–Crippen MR) is 44.5 cm³/mol. The number of halogens is 2. The first-order valence-corrected chi connectivity index (χ1v) is 4.57. The highest BCUT2D eigenvalue weighted by Gasteiger charge is 1.98. The zero-order valence-corrected chi connectivity index (χ0v) is 8.23. The smallest absolute Gasteiger partial charge is 0.0739 e. The lowest BCUT2D eigenvalue weighted by Crippen LogP contribution is -1.61. The van der Waals surface area contributed by atoms with Crippen molar-refractivity contribution in [1.82, 2.24) is 0 Å². The van der Waals surface area contributed by atoms with Crippen molar-refractivity contribution in [2.45, 2.75) is 6.92 Å². The summed E-state index contributed by atoms with van der Waals surface area (Å²) >= 11 is 8.50. The molecule has 1 heterocycles. The van der Waals surface area contributed by atoms with Gasteiger partial charge in [-0.3, -0.25) is 0 Å². The topological polar surface area (TPSA) is 0 Å². The Morgan fingerprint density at radius 3 is 2.25 bits per heavy atom. The van der Waals surface area contributed by atoms with Crippen molar-refractivity contribution in [3.05, 3.63) is 19.2 Å². The molecular weight excluding hydrogens is 252 g/mol. The van der Waals surface area contributed by atoms with Gasteiger partial charge in [-0.1, -0.05) is 0 Å². The van der Waals surface area contributed by atoms with Crippen molar-refractivity contribution in [2.24, 2.45) is 0 Å². The summed E-state index contributed by atoms with van der Waals surface area (Å²) in [5, 5.41) is 2.07. The summed E-state index contributed by atoms with van der Waals surface area (Å²) < 4.78 is 2.40. The van der Waals surface area contributed by atoms with E-state index in [0.717, 1.165) is 0 Å². The van der Waals surface area contributed by atoms with Gasteiger partial charge < -0.3 is 0 Å². The minimum atomic E-state index is 1.19. The fourth-order valence-corrected chi connectivity index (χ4v) is 2.41. The standard InChI is InChI=1S/C5H4Br2S/c1-3-4(6)2-8-5(3)7/h2H,1H3. The number of hydrogen-bond acceptors (Lipinski definition) is 1. The van der Waals surface area contributed by atoms with E-state index in [4.69, 9.17) is 0 Å². The molecule has 0 nitrogen and oxygen atoms in total. The van der Waals surface area contributed by atoms with Crippen LogP contribution >= 0.6 is 43.2 Å². The normalized spacial score (nSPS) is 9.88. The molecule has 1 rings (SSSR count). The molecule has 1 aromatic heterocycles. The van der Waals surface area contributed by atoms with Gasteiger partial charge in [-0.25, -0.2) is 0 Å². The van der Waals surface area contributed by atoms with Crippen molar-refractivity contribution in [3.8, 4) is 0 Å². The molecule has 8 heavy (non-hydrogen) atoms. The summed E-state index contributed by atoms with van der Waals surface area (Å²) in [5.74, 6) is 0. The van der Waals surface area contributed by atoms with Gasteiger partial charge in [0.1, 0.15) is 0 Å². The molecule has 0 fully saturated rings. The molecular formula is C5H4Br2S. The molecule has 44 valence electrons. The first-order valence-electron chi connectivity index (χ1n) is 2.11. The maximum Gasteiger partial charge on any atom is 0.0739 e. The monoisotopic (exact) mass is 254 g/mol. The maximum absolute atomic E-state index is 3.40. The summed E-state index contributed by atoms with van der Waals surface area (Å²) in [5.41, 5.74) is 1.29. The Bertz CT molecular complexity index is 173. The van der Waals surface area contributed by atoms with Gasteiger partial charge >= 0.3 is 0 Å². The van der Waals surface area contributed by atoms with Gasteiger partial charge in [0.05, 0.1) is 3.79 Å². The Labute approximate surface area is 69.2 Å². The molecule has 0 amide bonds. The third kappa shape index (κ3) is 1.14. The lowest BCUT2D eigenvalue weighted by Gasteiger charge is -1.83. The van der Waals surface area contributed by atoms with Gasteiger partial charge in [0, 0.05) is 9.85 Å². The van der Waals surface area contributed by atoms with Gasteiger partial charge in [0.15, 0.2) is 0 Å². The van der Waals surface area contributed by atoms with Crippen LogP contribution in [-0.4, -0.2) is 0 Å². The van der Waals surface area contributed by atoms with Crippen molar-refractivity contribution >= 4 is 43.2 Å². The highest BCUT2D eigenvalue weighted by molar-refractivity contribution is 9.11. The second kappa shape index (κ2) is 2.50. The predicted octanol–water partition coefficient (Wildman–Crippen LogP) is 3.58. The summed E-state index contributed by atoms with van der Waals surface area (Å²) in [6, 6.07) is 0. The van der Waals surface area contributed by atoms with Crippen LogP contribution in [0.1, 0.15) is 5.56 Å². The van der Waals surface area contributed by atoms with Crippen LogP contribution in [0.15, 0.2) is 13.6 Å². The van der Waals surface area contributed by atoms with Gasteiger partial charge in [-0.15, -0.1) is 11.3 Å². The third-order valence-corrected chi connectivity index (χ3v) is 4.07. The third-order valence-electron chi connectivity index (χ3n) is 0.919. The molecule has 0 aliphatic carbocycles. The van der Waals surface area contributed by atoms with Gasteiger partial charge in [-0.2, -0.15) is 0 Å². The minimum Gasteiger partial charge on any atom is -0.135 e. The Morgan fingerprint density at radius 2 is 2.12 bits per heavy atom. The second-order valence-electron chi connectivity index (χ2n) is 1.48. The van der Waals surface area contributed by atoms with Crippen molar-refractivity contribution in [3.63, 3.8) is 0 Å².